The van der Waals surface area contributed by atoms with Crippen molar-refractivity contribution in [1.82, 2.24) is 25.2 Å². The number of amides is 2. The van der Waals surface area contributed by atoms with Crippen LogP contribution in [0.1, 0.15) is 15.9 Å². The van der Waals surface area contributed by atoms with E-state index in [0.29, 0.717) is 42.8 Å². The second kappa shape index (κ2) is 8.88. The Balaban J connectivity index is 1.19. The summed E-state index contributed by atoms with van der Waals surface area (Å²) in [6, 6.07) is 8.85. The van der Waals surface area contributed by atoms with E-state index in [-0.39, 0.29) is 28.7 Å². The smallest absolute Gasteiger partial charge is 0.406 e. The molecule has 35 heavy (non-hydrogen) atoms. The highest BCUT2D eigenvalue weighted by molar-refractivity contribution is 6.30. The normalized spacial score (nSPS) is 20.1. The Morgan fingerprint density at radius 3 is 2.49 bits per heavy atom. The van der Waals surface area contributed by atoms with Crippen LogP contribution in [0, 0.1) is 11.8 Å². The molecule has 8 nitrogen and oxygen atoms in total. The lowest BCUT2D eigenvalue weighted by Gasteiger charge is -2.21. The Bertz CT molecular complexity index is 1310. The molecule has 2 fully saturated rings. The van der Waals surface area contributed by atoms with Gasteiger partial charge in [0.1, 0.15) is 11.3 Å². The zero-order valence-corrected chi connectivity index (χ0v) is 18.9. The van der Waals surface area contributed by atoms with Gasteiger partial charge in [0.2, 0.25) is 5.91 Å². The summed E-state index contributed by atoms with van der Waals surface area (Å²) in [5.74, 6) is -0.484. The van der Waals surface area contributed by atoms with Gasteiger partial charge in [0.15, 0.2) is 0 Å². The number of rotatable bonds is 4. The van der Waals surface area contributed by atoms with Crippen molar-refractivity contribution in [2.45, 2.75) is 6.36 Å². The van der Waals surface area contributed by atoms with Crippen LogP contribution in [-0.2, 0) is 4.79 Å². The molecule has 0 bridgehead atoms. The maximum atomic E-state index is 12.9. The fraction of sp³-hybridized carbons (Fsp3) is 0.304. The SMILES string of the molecule is O=C(/C=C/c1cc(Cl)cc(OC(F)(F)F)c1)N1C[C@@H]2CN(C(=O)c3ccc4[nH]nnc4c3)C[C@H]2C1. The molecule has 182 valence electrons. The standard InChI is InChI=1S/C23H19ClF3N5O3/c24-17-5-13(6-18(8-17)35-23(25,26)27)1-4-21(33)31-9-15-11-32(12-16(15)10-31)22(34)14-2-3-19-20(7-14)29-30-28-19/h1-8,15-16H,9-12H2,(H,28,29,30)/b4-1+/t15-,16-/m1/s1. The van der Waals surface area contributed by atoms with E-state index in [1.807, 2.05) is 0 Å². The predicted molar refractivity (Wildman–Crippen MR) is 121 cm³/mol. The second-order valence-electron chi connectivity index (χ2n) is 8.62. The van der Waals surface area contributed by atoms with E-state index in [0.717, 1.165) is 17.6 Å². The lowest BCUT2D eigenvalue weighted by atomic mass is 10.0. The number of aromatic amines is 1. The highest BCUT2D eigenvalue weighted by Crippen LogP contribution is 2.33. The van der Waals surface area contributed by atoms with Gasteiger partial charge in [0.05, 0.1) is 5.52 Å². The number of hydrogen-bond donors (Lipinski definition) is 1. The summed E-state index contributed by atoms with van der Waals surface area (Å²) in [5.41, 5.74) is 2.22. The molecule has 1 aromatic heterocycles. The maximum Gasteiger partial charge on any atom is 0.573 e. The van der Waals surface area contributed by atoms with Crippen molar-refractivity contribution < 1.29 is 27.5 Å². The number of hydrogen-bond acceptors (Lipinski definition) is 5. The first-order valence-electron chi connectivity index (χ1n) is 10.8. The Morgan fingerprint density at radius 1 is 1.06 bits per heavy atom. The zero-order chi connectivity index (χ0) is 24.7. The molecule has 2 saturated heterocycles. The molecule has 2 aromatic carbocycles. The first-order chi connectivity index (χ1) is 16.6. The van der Waals surface area contributed by atoms with Crippen molar-refractivity contribution in [1.29, 1.82) is 0 Å². The average molecular weight is 506 g/mol. The van der Waals surface area contributed by atoms with Crippen LogP contribution in [-0.4, -0.2) is 69.6 Å². The van der Waals surface area contributed by atoms with E-state index >= 15 is 0 Å². The van der Waals surface area contributed by atoms with Crippen molar-refractivity contribution >= 4 is 40.5 Å². The minimum absolute atomic E-state index is 0.0574. The van der Waals surface area contributed by atoms with Crippen LogP contribution in [0.25, 0.3) is 17.1 Å². The number of carbonyl (C=O) groups is 2. The molecule has 3 heterocycles. The maximum absolute atomic E-state index is 12.9. The Labute approximate surface area is 202 Å². The number of fused-ring (bicyclic) bond motifs is 2. The highest BCUT2D eigenvalue weighted by atomic mass is 35.5. The zero-order valence-electron chi connectivity index (χ0n) is 18.1. The van der Waals surface area contributed by atoms with E-state index in [2.05, 4.69) is 20.1 Å². The quantitative estimate of drug-likeness (QED) is 0.545. The minimum Gasteiger partial charge on any atom is -0.406 e. The third-order valence-electron chi connectivity index (χ3n) is 6.20. The van der Waals surface area contributed by atoms with Crippen LogP contribution in [0.3, 0.4) is 0 Å². The van der Waals surface area contributed by atoms with Crippen molar-refractivity contribution in [2.75, 3.05) is 26.2 Å². The van der Waals surface area contributed by atoms with Gasteiger partial charge in [-0.05, 0) is 48.0 Å². The van der Waals surface area contributed by atoms with Crippen LogP contribution >= 0.6 is 11.6 Å². The number of ether oxygens (including phenoxy) is 1. The Kier molecular flexibility index (Phi) is 5.87. The van der Waals surface area contributed by atoms with Crippen LogP contribution in [0.15, 0.2) is 42.5 Å². The molecule has 0 spiro atoms. The van der Waals surface area contributed by atoms with E-state index in [1.165, 1.54) is 18.2 Å². The van der Waals surface area contributed by atoms with Crippen LogP contribution in [0.5, 0.6) is 5.75 Å². The first kappa shape index (κ1) is 23.2. The highest BCUT2D eigenvalue weighted by Gasteiger charge is 2.42. The average Bonchev–Trinajstić information content (AvgIpc) is 3.49. The van der Waals surface area contributed by atoms with Gasteiger partial charge < -0.3 is 14.5 Å². The number of nitrogens with one attached hydrogen (secondary N) is 1. The van der Waals surface area contributed by atoms with Crippen molar-refractivity contribution in [2.24, 2.45) is 11.8 Å². The Morgan fingerprint density at radius 2 is 1.77 bits per heavy atom. The lowest BCUT2D eigenvalue weighted by Crippen LogP contribution is -2.35. The molecule has 0 aliphatic carbocycles. The van der Waals surface area contributed by atoms with Crippen molar-refractivity contribution in [3.63, 3.8) is 0 Å². The largest absolute Gasteiger partial charge is 0.573 e. The van der Waals surface area contributed by atoms with Gasteiger partial charge in [-0.25, -0.2) is 0 Å². The molecule has 0 unspecified atom stereocenters. The molecule has 12 heteroatoms. The number of carbonyl (C=O) groups excluding carboxylic acids is 2. The van der Waals surface area contributed by atoms with Crippen molar-refractivity contribution in [3.05, 3.63) is 58.6 Å². The summed E-state index contributed by atoms with van der Waals surface area (Å²) >= 11 is 5.88. The fourth-order valence-electron chi connectivity index (χ4n) is 4.64. The molecule has 2 atom stereocenters. The lowest BCUT2D eigenvalue weighted by molar-refractivity contribution is -0.274. The molecule has 2 amide bonds. The number of benzene rings is 2. The number of alkyl halides is 3. The Hall–Kier alpha value is -3.60. The molecule has 2 aliphatic heterocycles. The summed E-state index contributed by atoms with van der Waals surface area (Å²) in [6.07, 6.45) is -2.13. The van der Waals surface area contributed by atoms with Gasteiger partial charge in [0.25, 0.3) is 5.91 Å². The van der Waals surface area contributed by atoms with Gasteiger partial charge in [-0.2, -0.15) is 0 Å². The number of aromatic nitrogens is 3. The topological polar surface area (TPSA) is 91.4 Å². The van der Waals surface area contributed by atoms with Gasteiger partial charge in [-0.1, -0.05) is 16.8 Å². The molecular formula is C23H19ClF3N5O3. The summed E-state index contributed by atoms with van der Waals surface area (Å²) in [4.78, 5) is 29.1. The van der Waals surface area contributed by atoms with Gasteiger partial charge in [0, 0.05) is 54.7 Å². The molecule has 5 rings (SSSR count). The summed E-state index contributed by atoms with van der Waals surface area (Å²) < 4.78 is 41.4. The van der Waals surface area contributed by atoms with Crippen LogP contribution in [0.4, 0.5) is 13.2 Å². The molecular weight excluding hydrogens is 487 g/mol. The molecule has 2 aliphatic rings. The summed E-state index contributed by atoms with van der Waals surface area (Å²) in [6.45, 7) is 2.08. The first-order valence-corrected chi connectivity index (χ1v) is 11.2. The number of halogens is 4. The predicted octanol–water partition coefficient (Wildman–Crippen LogP) is 3.75. The summed E-state index contributed by atoms with van der Waals surface area (Å²) in [7, 11) is 0. The van der Waals surface area contributed by atoms with Gasteiger partial charge in [-0.15, -0.1) is 18.3 Å². The van der Waals surface area contributed by atoms with Crippen LogP contribution in [0.2, 0.25) is 5.02 Å². The van der Waals surface area contributed by atoms with E-state index in [9.17, 15) is 22.8 Å². The van der Waals surface area contributed by atoms with Gasteiger partial charge in [-0.3, -0.25) is 14.7 Å². The number of likely N-dealkylation sites (tertiary alicyclic amines) is 2. The minimum atomic E-state index is -4.84. The number of nitrogens with zero attached hydrogens (tertiary/aromatic N) is 4. The number of H-pyrrole nitrogens is 1. The second-order valence-corrected chi connectivity index (χ2v) is 9.06. The molecule has 0 saturated carbocycles. The summed E-state index contributed by atoms with van der Waals surface area (Å²) in [5, 5.41) is 10.5. The van der Waals surface area contributed by atoms with E-state index < -0.39 is 12.1 Å². The third-order valence-corrected chi connectivity index (χ3v) is 6.42. The monoisotopic (exact) mass is 505 g/mol. The molecule has 0 radical (unpaired) electrons. The van der Waals surface area contributed by atoms with Crippen molar-refractivity contribution in [3.8, 4) is 5.75 Å². The third kappa shape index (κ3) is 5.09. The van der Waals surface area contributed by atoms with Crippen LogP contribution < -0.4 is 4.74 Å². The molecule has 3 aromatic rings. The van der Waals surface area contributed by atoms with E-state index in [4.69, 9.17) is 11.6 Å². The fourth-order valence-corrected chi connectivity index (χ4v) is 4.88. The molecule has 1 N–H and O–H groups in total. The van der Waals surface area contributed by atoms with Gasteiger partial charge >= 0.3 is 6.36 Å². The van der Waals surface area contributed by atoms with E-state index in [1.54, 1.807) is 28.0 Å².